The molecule has 0 N–H and O–H groups in total. The van der Waals surface area contributed by atoms with Gasteiger partial charge in [0, 0.05) is 100 Å². The predicted molar refractivity (Wildman–Crippen MR) is 407 cm³/mol. The minimum absolute atomic E-state index is 0.174. The Bertz CT molecular complexity index is 5430. The van der Waals surface area contributed by atoms with E-state index in [9.17, 15) is 0 Å². The summed E-state index contributed by atoms with van der Waals surface area (Å²) in [5, 5.41) is 4.82. The first-order valence-electron chi connectivity index (χ1n) is 34.2. The van der Waals surface area contributed by atoms with Gasteiger partial charge in [-0.15, -0.1) is 0 Å². The van der Waals surface area contributed by atoms with Crippen LogP contribution in [0.4, 0.5) is 34.1 Å². The molecule has 0 spiro atoms. The number of para-hydroxylation sites is 8. The first kappa shape index (κ1) is 57.2. The van der Waals surface area contributed by atoms with E-state index >= 15 is 0 Å². The zero-order chi connectivity index (χ0) is 65.5. The van der Waals surface area contributed by atoms with Crippen LogP contribution in [0.25, 0.3) is 99.5 Å². The molecule has 4 aliphatic rings. The normalized spacial score (nSPS) is 13.5. The molecule has 0 amide bonds. The first-order valence-corrected chi connectivity index (χ1v) is 34.2. The zero-order valence-corrected chi connectivity index (χ0v) is 56.1. The summed E-state index contributed by atoms with van der Waals surface area (Å²) in [6.45, 7) is 20.7. The molecule has 0 saturated heterocycles. The highest BCUT2D eigenvalue weighted by Crippen LogP contribution is 2.58. The number of fused-ring (bicyclic) bond motifs is 22. The van der Waals surface area contributed by atoms with E-state index in [2.05, 4.69) is 348 Å². The van der Waals surface area contributed by atoms with Crippen LogP contribution in [0, 0.1) is 0 Å². The van der Waals surface area contributed by atoms with Gasteiger partial charge < -0.3 is 28.4 Å². The third kappa shape index (κ3) is 8.53. The molecule has 97 heavy (non-hydrogen) atoms. The monoisotopic (exact) mass is 1250 g/mol. The van der Waals surface area contributed by atoms with Crippen molar-refractivity contribution in [1.29, 1.82) is 0 Å². The van der Waals surface area contributed by atoms with Gasteiger partial charge in [-0.25, -0.2) is 0 Å². The number of benzene rings is 13. The van der Waals surface area contributed by atoms with E-state index in [4.69, 9.17) is 9.47 Å². The van der Waals surface area contributed by atoms with Gasteiger partial charge in [-0.1, -0.05) is 220 Å². The van der Waals surface area contributed by atoms with Crippen LogP contribution in [-0.4, -0.2) is 15.8 Å². The summed E-state index contributed by atoms with van der Waals surface area (Å²) in [4.78, 5) is 5.38. The molecule has 466 valence electrons. The Balaban J connectivity index is 1.06. The fraction of sp³-hybridized carbons (Fsp3) is 0.133. The molecular formula is C90H71BN4O2. The average molecular weight is 1250 g/mol. The minimum atomic E-state index is -0.378. The van der Waals surface area contributed by atoms with E-state index in [-0.39, 0.29) is 23.0 Å². The van der Waals surface area contributed by atoms with Gasteiger partial charge in [-0.05, 0) is 159 Å². The van der Waals surface area contributed by atoms with Crippen LogP contribution in [0.1, 0.15) is 79.0 Å². The summed E-state index contributed by atoms with van der Waals surface area (Å²) in [5.41, 5.74) is 28.3. The molecule has 0 unspecified atom stereocenters. The second-order valence-electron chi connectivity index (χ2n) is 30.0. The quantitative estimate of drug-likeness (QED) is 0.162. The third-order valence-electron chi connectivity index (χ3n) is 21.1. The predicted octanol–water partition coefficient (Wildman–Crippen LogP) is 22.7. The van der Waals surface area contributed by atoms with Crippen molar-refractivity contribution < 1.29 is 9.47 Å². The van der Waals surface area contributed by atoms with Gasteiger partial charge in [0.1, 0.15) is 23.0 Å². The number of hydrogen-bond donors (Lipinski definition) is 0. The van der Waals surface area contributed by atoms with Crippen LogP contribution >= 0.6 is 0 Å². The molecule has 4 aliphatic heterocycles. The summed E-state index contributed by atoms with van der Waals surface area (Å²) in [6, 6.07) is 100. The molecule has 0 aliphatic carbocycles. The molecule has 0 saturated carbocycles. The number of nitrogens with zero attached hydrogens (tertiary/aromatic N) is 4. The average Bonchev–Trinajstić information content (AvgIpc) is 0.996. The second-order valence-corrected chi connectivity index (χ2v) is 30.0. The van der Waals surface area contributed by atoms with Crippen LogP contribution in [0.15, 0.2) is 267 Å². The van der Waals surface area contributed by atoms with Crippen molar-refractivity contribution >= 4 is 101 Å². The molecule has 19 rings (SSSR count). The Morgan fingerprint density at radius 1 is 0.268 bits per heavy atom. The van der Waals surface area contributed by atoms with Crippen LogP contribution < -0.4 is 35.7 Å². The van der Waals surface area contributed by atoms with E-state index in [1.165, 1.54) is 54.6 Å². The fourth-order valence-electron chi connectivity index (χ4n) is 16.4. The molecule has 13 aromatic carbocycles. The standard InChI is InChI=1S/C90H71BN4O2/c1-88(2,3)54-42-44-77-67(46-54)63-30-14-22-38-81(63)96-83-40-24-16-32-65(83)69-50-57(92-73-34-18-10-26-59(73)60-27-11-19-35-74(60)92)52-71-86(69)94(77)79-48-56(90(7,8)9)49-80-85(79)91(71)72-53-58(93-75-36-20-12-28-61(75)62-29-13-21-37-76(62)93)51-70-66-33-17-25-41-84(66)97-82-39-23-15-31-64(82)68-47-55(89(4,5)6)43-45-78(68)95(80)87(70)72/h10-53H,1-9H3. The number of rotatable bonds is 2. The van der Waals surface area contributed by atoms with Gasteiger partial charge in [0.15, 0.2) is 0 Å². The number of aromatic nitrogens is 2. The lowest BCUT2D eigenvalue weighted by molar-refractivity contribution is 0.486. The van der Waals surface area contributed by atoms with Crippen molar-refractivity contribution in [2.24, 2.45) is 0 Å². The summed E-state index contributed by atoms with van der Waals surface area (Å²) in [7, 11) is 0. The summed E-state index contributed by atoms with van der Waals surface area (Å²) < 4.78 is 20.1. The highest BCUT2D eigenvalue weighted by atomic mass is 16.5. The topological polar surface area (TPSA) is 34.8 Å². The van der Waals surface area contributed by atoms with Crippen molar-refractivity contribution in [3.63, 3.8) is 0 Å². The SMILES string of the molecule is CC(C)(C)c1ccc2c(c1)-c1ccccc1Oc1ccccc1-c1cc(-n3c4ccccc4c4ccccc43)cc3c1N2c1cc(C(C)(C)C)cc2c1B3c1cc(-n3c4ccccc4c4ccccc43)cc3c1N2c1ccc(C(C)(C)C)cc1-c1ccccc1Oc1ccccc1-3. The molecule has 0 atom stereocenters. The molecule has 0 fully saturated rings. The van der Waals surface area contributed by atoms with E-state index < -0.39 is 0 Å². The zero-order valence-electron chi connectivity index (χ0n) is 56.1. The fourth-order valence-corrected chi connectivity index (χ4v) is 16.4. The summed E-state index contributed by atoms with van der Waals surface area (Å²) in [6.07, 6.45) is 0. The van der Waals surface area contributed by atoms with Crippen molar-refractivity contribution in [2.75, 3.05) is 9.80 Å². The van der Waals surface area contributed by atoms with E-state index in [1.54, 1.807) is 0 Å². The molecule has 2 aromatic heterocycles. The number of ether oxygens (including phenoxy) is 2. The second kappa shape index (κ2) is 20.6. The maximum Gasteiger partial charge on any atom is 0.252 e. The van der Waals surface area contributed by atoms with Gasteiger partial charge in [0.05, 0.1) is 33.4 Å². The van der Waals surface area contributed by atoms with Crippen molar-refractivity contribution in [2.45, 2.75) is 78.6 Å². The Kier molecular flexibility index (Phi) is 12.2. The minimum Gasteiger partial charge on any atom is -0.456 e. The Labute approximate surface area is 566 Å². The maximum atomic E-state index is 7.53. The lowest BCUT2D eigenvalue weighted by Crippen LogP contribution is -2.62. The molecule has 7 heteroatoms. The first-order chi connectivity index (χ1) is 47.0. The maximum absolute atomic E-state index is 7.53. The molecule has 15 aromatic rings. The lowest BCUT2D eigenvalue weighted by Gasteiger charge is -2.47. The molecule has 6 heterocycles. The van der Waals surface area contributed by atoms with Gasteiger partial charge in [0.25, 0.3) is 6.71 Å². The number of anilines is 6. The van der Waals surface area contributed by atoms with Gasteiger partial charge >= 0.3 is 0 Å². The van der Waals surface area contributed by atoms with Gasteiger partial charge in [-0.3, -0.25) is 0 Å². The molecule has 6 nitrogen and oxygen atoms in total. The highest BCUT2D eigenvalue weighted by Gasteiger charge is 2.48. The van der Waals surface area contributed by atoms with Gasteiger partial charge in [-0.2, -0.15) is 0 Å². The highest BCUT2D eigenvalue weighted by molar-refractivity contribution is 7.00. The van der Waals surface area contributed by atoms with E-state index in [0.717, 1.165) is 135 Å². The van der Waals surface area contributed by atoms with Crippen molar-refractivity contribution in [3.8, 4) is 78.9 Å². The number of hydrogen-bond acceptors (Lipinski definition) is 4. The largest absolute Gasteiger partial charge is 0.456 e. The van der Waals surface area contributed by atoms with Crippen molar-refractivity contribution in [1.82, 2.24) is 9.13 Å². The Morgan fingerprint density at radius 2 is 0.577 bits per heavy atom. The van der Waals surface area contributed by atoms with Crippen LogP contribution in [0.2, 0.25) is 0 Å². The van der Waals surface area contributed by atoms with E-state index in [0.29, 0.717) is 0 Å². The van der Waals surface area contributed by atoms with E-state index in [1.807, 2.05) is 0 Å². The van der Waals surface area contributed by atoms with Gasteiger partial charge in [0.2, 0.25) is 0 Å². The van der Waals surface area contributed by atoms with Crippen LogP contribution in [0.3, 0.4) is 0 Å². The van der Waals surface area contributed by atoms with Crippen LogP contribution in [-0.2, 0) is 16.2 Å². The summed E-state index contributed by atoms with van der Waals surface area (Å²) >= 11 is 0. The summed E-state index contributed by atoms with van der Waals surface area (Å²) in [5.74, 6) is 3.16. The molecular weight excluding hydrogens is 1180 g/mol. The molecule has 0 radical (unpaired) electrons. The lowest BCUT2D eigenvalue weighted by atomic mass is 9.33. The Hall–Kier alpha value is -11.3. The Morgan fingerprint density at radius 3 is 0.918 bits per heavy atom. The smallest absolute Gasteiger partial charge is 0.252 e. The molecule has 0 bridgehead atoms. The van der Waals surface area contributed by atoms with Crippen molar-refractivity contribution in [3.05, 3.63) is 284 Å². The third-order valence-corrected chi connectivity index (χ3v) is 21.1. The van der Waals surface area contributed by atoms with Crippen LogP contribution in [0.5, 0.6) is 23.0 Å².